The normalized spacial score (nSPS) is 15.4. The van der Waals surface area contributed by atoms with Crippen LogP contribution in [0.5, 0.6) is 0 Å². The van der Waals surface area contributed by atoms with Gasteiger partial charge in [0.25, 0.3) is 11.6 Å². The zero-order chi connectivity index (χ0) is 14.7. The Morgan fingerprint density at radius 3 is 2.85 bits per heavy atom. The predicted octanol–water partition coefficient (Wildman–Crippen LogP) is 0.865. The highest BCUT2D eigenvalue weighted by Gasteiger charge is 2.27. The van der Waals surface area contributed by atoms with E-state index in [0.717, 1.165) is 0 Å². The molecule has 0 radical (unpaired) electrons. The van der Waals surface area contributed by atoms with Crippen molar-refractivity contribution in [3.8, 4) is 0 Å². The van der Waals surface area contributed by atoms with E-state index in [4.69, 9.17) is 0 Å². The fourth-order valence-corrected chi connectivity index (χ4v) is 2.21. The molecule has 0 saturated carbocycles. The molecule has 1 fully saturated rings. The molecule has 1 aliphatic heterocycles. The zero-order valence-corrected chi connectivity index (χ0v) is 11.1. The quantitative estimate of drug-likeness (QED) is 0.641. The molecule has 0 aromatic heterocycles. The first kappa shape index (κ1) is 14.0. The number of amides is 2. The van der Waals surface area contributed by atoms with Crippen LogP contribution in [0.2, 0.25) is 0 Å². The number of rotatable bonds is 2. The Balaban J connectivity index is 2.33. The van der Waals surface area contributed by atoms with Crippen LogP contribution in [0.1, 0.15) is 22.3 Å². The third-order valence-corrected chi connectivity index (χ3v) is 3.26. The van der Waals surface area contributed by atoms with Gasteiger partial charge in [0.15, 0.2) is 0 Å². The van der Waals surface area contributed by atoms with Gasteiger partial charge in [-0.25, -0.2) is 0 Å². The standard InChI is InChI=1S/C13H15N3O4/c1-9-3-2-4-10(16(19)20)12(9)13(18)15-7-5-11(17)14-6-8-15/h2-4H,5-8H2,1H3,(H,14,17). The molecule has 0 bridgehead atoms. The number of nitrogens with zero attached hydrogens (tertiary/aromatic N) is 2. The molecule has 1 saturated heterocycles. The summed E-state index contributed by atoms with van der Waals surface area (Å²) in [6.45, 7) is 2.66. The fourth-order valence-electron chi connectivity index (χ4n) is 2.21. The Labute approximate surface area is 115 Å². The molecule has 1 aliphatic rings. The summed E-state index contributed by atoms with van der Waals surface area (Å²) in [6.07, 6.45) is 0.214. The van der Waals surface area contributed by atoms with Crippen molar-refractivity contribution in [1.82, 2.24) is 10.2 Å². The Morgan fingerprint density at radius 1 is 1.40 bits per heavy atom. The second-order valence-corrected chi connectivity index (χ2v) is 4.62. The maximum atomic E-state index is 12.5. The van der Waals surface area contributed by atoms with E-state index in [2.05, 4.69) is 5.32 Å². The van der Waals surface area contributed by atoms with Gasteiger partial charge in [0.2, 0.25) is 5.91 Å². The lowest BCUT2D eigenvalue weighted by Gasteiger charge is -2.20. The molecule has 0 spiro atoms. The van der Waals surface area contributed by atoms with Crippen LogP contribution in [0.15, 0.2) is 18.2 Å². The lowest BCUT2D eigenvalue weighted by atomic mass is 10.1. The van der Waals surface area contributed by atoms with Gasteiger partial charge in [0, 0.05) is 32.1 Å². The van der Waals surface area contributed by atoms with E-state index in [1.165, 1.54) is 11.0 Å². The van der Waals surface area contributed by atoms with Crippen molar-refractivity contribution >= 4 is 17.5 Å². The number of hydrogen-bond donors (Lipinski definition) is 1. The van der Waals surface area contributed by atoms with Gasteiger partial charge in [0.1, 0.15) is 5.56 Å². The summed E-state index contributed by atoms with van der Waals surface area (Å²) in [5.74, 6) is -0.508. The Morgan fingerprint density at radius 2 is 2.15 bits per heavy atom. The molecule has 106 valence electrons. The van der Waals surface area contributed by atoms with Crippen molar-refractivity contribution in [1.29, 1.82) is 0 Å². The molecule has 0 atom stereocenters. The van der Waals surface area contributed by atoms with Crippen LogP contribution in [0, 0.1) is 17.0 Å². The Hall–Kier alpha value is -2.44. The predicted molar refractivity (Wildman–Crippen MR) is 71.4 cm³/mol. The summed E-state index contributed by atoms with van der Waals surface area (Å²) in [4.78, 5) is 35.7. The lowest BCUT2D eigenvalue weighted by molar-refractivity contribution is -0.385. The smallest absolute Gasteiger partial charge is 0.282 e. The summed E-state index contributed by atoms with van der Waals surface area (Å²) in [5, 5.41) is 13.7. The van der Waals surface area contributed by atoms with Gasteiger partial charge in [-0.05, 0) is 12.5 Å². The van der Waals surface area contributed by atoms with E-state index in [-0.39, 0.29) is 30.1 Å². The minimum Gasteiger partial charge on any atom is -0.354 e. The van der Waals surface area contributed by atoms with Crippen LogP contribution in [0.4, 0.5) is 5.69 Å². The Kier molecular flexibility index (Phi) is 3.97. The molecule has 1 N–H and O–H groups in total. The lowest BCUT2D eigenvalue weighted by Crippen LogP contribution is -2.35. The molecule has 20 heavy (non-hydrogen) atoms. The Bertz CT molecular complexity index is 571. The maximum absolute atomic E-state index is 12.5. The van der Waals surface area contributed by atoms with E-state index < -0.39 is 10.8 Å². The number of carbonyl (C=O) groups excluding carboxylic acids is 2. The maximum Gasteiger partial charge on any atom is 0.282 e. The molecule has 0 aliphatic carbocycles. The minimum absolute atomic E-state index is 0.104. The summed E-state index contributed by atoms with van der Waals surface area (Å²) >= 11 is 0. The van der Waals surface area contributed by atoms with Crippen LogP contribution in [-0.2, 0) is 4.79 Å². The highest BCUT2D eigenvalue weighted by atomic mass is 16.6. The highest BCUT2D eigenvalue weighted by Crippen LogP contribution is 2.23. The van der Waals surface area contributed by atoms with Gasteiger partial charge < -0.3 is 10.2 Å². The molecule has 2 amide bonds. The molecule has 7 nitrogen and oxygen atoms in total. The van der Waals surface area contributed by atoms with E-state index >= 15 is 0 Å². The summed E-state index contributed by atoms with van der Waals surface area (Å²) in [7, 11) is 0. The SMILES string of the molecule is Cc1cccc([N+](=O)[O-])c1C(=O)N1CCNC(=O)CC1. The van der Waals surface area contributed by atoms with Gasteiger partial charge in [-0.3, -0.25) is 19.7 Å². The van der Waals surface area contributed by atoms with Gasteiger partial charge in [-0.2, -0.15) is 0 Å². The van der Waals surface area contributed by atoms with Gasteiger partial charge >= 0.3 is 0 Å². The van der Waals surface area contributed by atoms with Crippen molar-refractivity contribution in [2.24, 2.45) is 0 Å². The van der Waals surface area contributed by atoms with Gasteiger partial charge in [-0.1, -0.05) is 12.1 Å². The summed E-state index contributed by atoms with van der Waals surface area (Å²) < 4.78 is 0. The number of hydrogen-bond acceptors (Lipinski definition) is 4. The zero-order valence-electron chi connectivity index (χ0n) is 11.1. The van der Waals surface area contributed by atoms with Crippen LogP contribution in [-0.4, -0.2) is 41.3 Å². The van der Waals surface area contributed by atoms with Crippen molar-refractivity contribution in [3.63, 3.8) is 0 Å². The van der Waals surface area contributed by atoms with E-state index in [0.29, 0.717) is 18.7 Å². The van der Waals surface area contributed by atoms with Crippen LogP contribution < -0.4 is 5.32 Å². The number of nitro benzene ring substituents is 1. The van der Waals surface area contributed by atoms with E-state index in [1.54, 1.807) is 19.1 Å². The fraction of sp³-hybridized carbons (Fsp3) is 0.385. The average Bonchev–Trinajstić information content (AvgIpc) is 2.62. The molecular weight excluding hydrogens is 262 g/mol. The molecule has 7 heteroatoms. The molecular formula is C13H15N3O4. The number of nitro groups is 1. The van der Waals surface area contributed by atoms with Crippen molar-refractivity contribution in [3.05, 3.63) is 39.4 Å². The number of benzene rings is 1. The van der Waals surface area contributed by atoms with Gasteiger partial charge in [0.05, 0.1) is 4.92 Å². The molecule has 1 aromatic rings. The first-order valence-corrected chi connectivity index (χ1v) is 6.30. The van der Waals surface area contributed by atoms with Crippen LogP contribution in [0.3, 0.4) is 0 Å². The first-order chi connectivity index (χ1) is 9.50. The summed E-state index contributed by atoms with van der Waals surface area (Å²) in [5.41, 5.74) is 0.470. The number of aryl methyl sites for hydroxylation is 1. The molecule has 0 unspecified atom stereocenters. The van der Waals surface area contributed by atoms with E-state index in [9.17, 15) is 19.7 Å². The monoisotopic (exact) mass is 277 g/mol. The third-order valence-electron chi connectivity index (χ3n) is 3.26. The number of nitrogens with one attached hydrogen (secondary N) is 1. The first-order valence-electron chi connectivity index (χ1n) is 6.30. The van der Waals surface area contributed by atoms with Crippen molar-refractivity contribution < 1.29 is 14.5 Å². The topological polar surface area (TPSA) is 92.6 Å². The minimum atomic E-state index is -0.554. The second-order valence-electron chi connectivity index (χ2n) is 4.62. The largest absolute Gasteiger partial charge is 0.354 e. The third kappa shape index (κ3) is 2.76. The van der Waals surface area contributed by atoms with Crippen LogP contribution in [0.25, 0.3) is 0 Å². The summed E-state index contributed by atoms with van der Waals surface area (Å²) in [6, 6.07) is 4.54. The highest BCUT2D eigenvalue weighted by molar-refractivity contribution is 5.99. The average molecular weight is 277 g/mol. The number of carbonyl (C=O) groups is 2. The second kappa shape index (κ2) is 5.68. The molecule has 1 aromatic carbocycles. The molecule has 2 rings (SSSR count). The van der Waals surface area contributed by atoms with E-state index in [1.807, 2.05) is 0 Å². The van der Waals surface area contributed by atoms with Crippen LogP contribution >= 0.6 is 0 Å². The van der Waals surface area contributed by atoms with Crippen molar-refractivity contribution in [2.75, 3.05) is 19.6 Å². The van der Waals surface area contributed by atoms with Gasteiger partial charge in [-0.15, -0.1) is 0 Å². The van der Waals surface area contributed by atoms with Crippen molar-refractivity contribution in [2.45, 2.75) is 13.3 Å². The molecule has 1 heterocycles.